The average Bonchev–Trinajstić information content (AvgIpc) is 2.91. The Labute approximate surface area is 215 Å². The second-order valence-corrected chi connectivity index (χ2v) is 8.99. The molecule has 0 bridgehead atoms. The average molecular weight is 535 g/mol. The number of aliphatic carboxylic acids is 1. The Bertz CT molecular complexity index is 1140. The lowest BCUT2D eigenvalue weighted by molar-refractivity contribution is -0.151. The summed E-state index contributed by atoms with van der Waals surface area (Å²) < 4.78 is 4.94. The van der Waals surface area contributed by atoms with Crippen molar-refractivity contribution in [3.05, 3.63) is 47.2 Å². The van der Waals surface area contributed by atoms with Gasteiger partial charge >= 0.3 is 24.1 Å². The van der Waals surface area contributed by atoms with Crippen LogP contribution < -0.4 is 21.3 Å². The molecule has 2 unspecified atom stereocenters. The van der Waals surface area contributed by atoms with Crippen LogP contribution in [0.4, 0.5) is 14.4 Å². The first-order chi connectivity index (χ1) is 17.6. The molecule has 15 heteroatoms. The maximum absolute atomic E-state index is 13.2. The number of rotatable bonds is 7. The molecule has 2 aliphatic rings. The number of imide groups is 1. The Morgan fingerprint density at radius 3 is 2.41 bits per heavy atom. The van der Waals surface area contributed by atoms with Crippen LogP contribution in [0.1, 0.15) is 11.6 Å². The van der Waals surface area contributed by atoms with Gasteiger partial charge in [0.05, 0.1) is 0 Å². The highest BCUT2D eigenvalue weighted by Gasteiger charge is 2.54. The van der Waals surface area contributed by atoms with Crippen LogP contribution in [-0.4, -0.2) is 95.8 Å². The number of fused-ring (bicyclic) bond motifs is 1. The fraction of sp³-hybridized carbons (Fsp3) is 0.364. The summed E-state index contributed by atoms with van der Waals surface area (Å²) in [6.45, 7) is -0.317. The highest BCUT2D eigenvalue weighted by Crippen LogP contribution is 2.40. The molecule has 1 saturated heterocycles. The fourth-order valence-corrected chi connectivity index (χ4v) is 5.01. The maximum atomic E-state index is 13.2. The number of benzene rings is 1. The number of hydrogen-bond acceptors (Lipinski definition) is 8. The number of amides is 7. The van der Waals surface area contributed by atoms with Crippen LogP contribution in [0.15, 0.2) is 41.6 Å². The van der Waals surface area contributed by atoms with Crippen LogP contribution >= 0.6 is 11.8 Å². The molecule has 3 atom stereocenters. The summed E-state index contributed by atoms with van der Waals surface area (Å²) in [6.07, 6.45) is -0.750. The molecule has 1 aromatic carbocycles. The maximum Gasteiger partial charge on any atom is 0.407 e. The van der Waals surface area contributed by atoms with Gasteiger partial charge in [-0.05, 0) is 5.56 Å². The van der Waals surface area contributed by atoms with E-state index in [1.54, 1.807) is 30.3 Å². The molecule has 3 rings (SSSR count). The highest BCUT2D eigenvalue weighted by atomic mass is 32.2. The number of β-lactam (4-membered cyclic amide) rings is 1. The third-order valence-corrected chi connectivity index (χ3v) is 6.95. The Morgan fingerprint density at radius 2 is 1.81 bits per heavy atom. The van der Waals surface area contributed by atoms with E-state index in [0.29, 0.717) is 5.56 Å². The molecule has 0 radical (unpaired) electrons. The smallest absolute Gasteiger partial charge is 0.407 e. The van der Waals surface area contributed by atoms with E-state index in [0.717, 1.165) is 9.80 Å². The van der Waals surface area contributed by atoms with Gasteiger partial charge in [-0.2, -0.15) is 0 Å². The number of nitrogens with one attached hydrogen (secondary N) is 4. The van der Waals surface area contributed by atoms with Crippen molar-refractivity contribution in [2.45, 2.75) is 17.5 Å². The highest BCUT2D eigenvalue weighted by molar-refractivity contribution is 8.00. The summed E-state index contributed by atoms with van der Waals surface area (Å²) in [5, 5.41) is 18.6. The number of thioether (sulfide) groups is 1. The molecule has 1 fully saturated rings. The predicted octanol–water partition coefficient (Wildman–Crippen LogP) is -0.197. The summed E-state index contributed by atoms with van der Waals surface area (Å²) in [4.78, 5) is 75.6. The van der Waals surface area contributed by atoms with E-state index in [4.69, 9.17) is 4.74 Å². The summed E-state index contributed by atoms with van der Waals surface area (Å²) in [6, 6.07) is 4.36. The number of carboxylic acid groups (broad SMARTS) is 1. The van der Waals surface area contributed by atoms with Gasteiger partial charge in [-0.25, -0.2) is 24.1 Å². The van der Waals surface area contributed by atoms with Gasteiger partial charge in [0.1, 0.15) is 29.8 Å². The van der Waals surface area contributed by atoms with E-state index in [1.165, 1.54) is 32.9 Å². The SMILES string of the molecule is CNC(=O)OCC1=C(C(=O)O)N2C(=O)C(NC(=O)C(NC(=O)N(C)C(=O)NC)c3ccccc3)[C@@H]2SC1. The van der Waals surface area contributed by atoms with E-state index in [1.807, 2.05) is 0 Å². The third kappa shape index (κ3) is 5.77. The number of carbonyl (C=O) groups is 6. The quantitative estimate of drug-likeness (QED) is 0.295. The normalized spacial score (nSPS) is 19.0. The number of ether oxygens (including phenoxy) is 1. The van der Waals surface area contributed by atoms with Gasteiger partial charge in [0, 0.05) is 32.5 Å². The van der Waals surface area contributed by atoms with Gasteiger partial charge < -0.3 is 31.1 Å². The minimum absolute atomic E-state index is 0.148. The topological polar surface area (TPSA) is 186 Å². The molecule has 7 amide bonds. The Morgan fingerprint density at radius 1 is 1.14 bits per heavy atom. The summed E-state index contributed by atoms with van der Waals surface area (Å²) in [5.41, 5.74) is 0.337. The Balaban J connectivity index is 1.78. The molecule has 1 aromatic rings. The molecule has 0 aromatic heterocycles. The first-order valence-electron chi connectivity index (χ1n) is 11.0. The van der Waals surface area contributed by atoms with Crippen molar-refractivity contribution in [1.82, 2.24) is 31.1 Å². The van der Waals surface area contributed by atoms with Crippen molar-refractivity contribution >= 4 is 47.7 Å². The molecule has 198 valence electrons. The first-order valence-corrected chi connectivity index (χ1v) is 12.0. The van der Waals surface area contributed by atoms with Crippen LogP contribution in [0.25, 0.3) is 0 Å². The van der Waals surface area contributed by atoms with Crippen molar-refractivity contribution < 1.29 is 38.6 Å². The second-order valence-electron chi connectivity index (χ2n) is 7.89. The molecule has 2 heterocycles. The number of urea groups is 2. The molecule has 0 aliphatic carbocycles. The lowest BCUT2D eigenvalue weighted by Gasteiger charge is -2.49. The van der Waals surface area contributed by atoms with Crippen molar-refractivity contribution in [2.24, 2.45) is 0 Å². The number of alkyl carbamates (subject to hydrolysis) is 1. The second kappa shape index (κ2) is 11.6. The van der Waals surface area contributed by atoms with Crippen LogP contribution in [0, 0.1) is 0 Å². The van der Waals surface area contributed by atoms with Crippen LogP contribution in [-0.2, 0) is 19.1 Å². The van der Waals surface area contributed by atoms with Crippen molar-refractivity contribution in [1.29, 1.82) is 0 Å². The minimum atomic E-state index is -1.37. The number of carbonyl (C=O) groups excluding carboxylic acids is 5. The monoisotopic (exact) mass is 534 g/mol. The molecular formula is C22H26N6O8S. The number of carboxylic acids is 1. The van der Waals surface area contributed by atoms with Crippen LogP contribution in [0.2, 0.25) is 0 Å². The summed E-state index contributed by atoms with van der Waals surface area (Å²) in [5.74, 6) is -2.61. The van der Waals surface area contributed by atoms with Gasteiger partial charge in [-0.3, -0.25) is 14.5 Å². The zero-order chi connectivity index (χ0) is 27.3. The van der Waals surface area contributed by atoms with Crippen molar-refractivity contribution in [3.63, 3.8) is 0 Å². The standard InChI is InChI=1S/C22H26N6O8S/c1-23-20(33)27(3)21(34)26-13(11-7-5-4-6-8-11)16(29)25-14-17(30)28-15(19(31)32)12(10-37-18(14)28)9-36-22(35)24-2/h4-8,13-14,18H,9-10H2,1-3H3,(H,23,33)(H,24,35)(H,25,29)(H,26,34)(H,31,32)/t13?,14?,18-/m0/s1. The van der Waals surface area contributed by atoms with Gasteiger partial charge in [0.15, 0.2) is 0 Å². The molecule has 37 heavy (non-hydrogen) atoms. The largest absolute Gasteiger partial charge is 0.477 e. The van der Waals surface area contributed by atoms with E-state index in [9.17, 15) is 33.9 Å². The Kier molecular flexibility index (Phi) is 8.60. The number of nitrogens with zero attached hydrogens (tertiary/aromatic N) is 2. The zero-order valence-electron chi connectivity index (χ0n) is 20.1. The Hall–Kier alpha value is -4.27. The molecule has 0 saturated carbocycles. The van der Waals surface area contributed by atoms with E-state index in [-0.39, 0.29) is 23.6 Å². The lowest BCUT2D eigenvalue weighted by atomic mass is 10.0. The zero-order valence-corrected chi connectivity index (χ0v) is 21.0. The number of hydrogen-bond donors (Lipinski definition) is 5. The fourth-order valence-electron chi connectivity index (χ4n) is 3.68. The minimum Gasteiger partial charge on any atom is -0.477 e. The van der Waals surface area contributed by atoms with E-state index in [2.05, 4.69) is 21.3 Å². The molecule has 0 spiro atoms. The van der Waals surface area contributed by atoms with Crippen molar-refractivity contribution in [3.8, 4) is 0 Å². The molecule has 14 nitrogen and oxygen atoms in total. The predicted molar refractivity (Wildman–Crippen MR) is 130 cm³/mol. The van der Waals surface area contributed by atoms with Crippen LogP contribution in [0.5, 0.6) is 0 Å². The van der Waals surface area contributed by atoms with Gasteiger partial charge in [-0.15, -0.1) is 11.8 Å². The lowest BCUT2D eigenvalue weighted by Crippen LogP contribution is -2.71. The van der Waals surface area contributed by atoms with Crippen molar-refractivity contribution in [2.75, 3.05) is 33.5 Å². The summed E-state index contributed by atoms with van der Waals surface area (Å²) in [7, 11) is 3.93. The third-order valence-electron chi connectivity index (χ3n) is 5.62. The van der Waals surface area contributed by atoms with E-state index < -0.39 is 53.4 Å². The van der Waals surface area contributed by atoms with E-state index >= 15 is 0 Å². The van der Waals surface area contributed by atoms with Gasteiger partial charge in [-0.1, -0.05) is 30.3 Å². The van der Waals surface area contributed by atoms with Gasteiger partial charge in [0.2, 0.25) is 5.91 Å². The van der Waals surface area contributed by atoms with Crippen LogP contribution in [0.3, 0.4) is 0 Å². The molecule has 2 aliphatic heterocycles. The van der Waals surface area contributed by atoms with Gasteiger partial charge in [0.25, 0.3) is 5.91 Å². The first kappa shape index (κ1) is 27.3. The molecular weight excluding hydrogens is 508 g/mol. The summed E-state index contributed by atoms with van der Waals surface area (Å²) >= 11 is 1.20. The molecule has 5 N–H and O–H groups in total.